The van der Waals surface area contributed by atoms with Crippen molar-refractivity contribution in [1.29, 1.82) is 0 Å². The van der Waals surface area contributed by atoms with Gasteiger partial charge in [0, 0.05) is 19.0 Å². The SMILES string of the molecule is Cc1nncn1CCNC(=O)[C@H]1C[C@@H]1c1ccc(C(F)(F)F)cc1. The first-order chi connectivity index (χ1) is 11.4. The van der Waals surface area contributed by atoms with Crippen LogP contribution in [0.15, 0.2) is 30.6 Å². The minimum atomic E-state index is -4.33. The topological polar surface area (TPSA) is 59.8 Å². The highest BCUT2D eigenvalue weighted by atomic mass is 19.4. The van der Waals surface area contributed by atoms with Crippen LogP contribution in [0.25, 0.3) is 0 Å². The molecule has 128 valence electrons. The lowest BCUT2D eigenvalue weighted by molar-refractivity contribution is -0.137. The third-order valence-electron chi connectivity index (χ3n) is 4.25. The van der Waals surface area contributed by atoms with Gasteiger partial charge in [-0.05, 0) is 37.0 Å². The summed E-state index contributed by atoms with van der Waals surface area (Å²) >= 11 is 0. The Kier molecular flexibility index (Phi) is 4.29. The van der Waals surface area contributed by atoms with Crippen LogP contribution in [0.3, 0.4) is 0 Å². The summed E-state index contributed by atoms with van der Waals surface area (Å²) in [6, 6.07) is 5.05. The Bertz CT molecular complexity index is 724. The number of hydrogen-bond donors (Lipinski definition) is 1. The summed E-state index contributed by atoms with van der Waals surface area (Å²) in [5.74, 6) is 0.552. The molecule has 2 aromatic rings. The van der Waals surface area contributed by atoms with E-state index in [0.29, 0.717) is 19.5 Å². The van der Waals surface area contributed by atoms with E-state index in [-0.39, 0.29) is 17.7 Å². The van der Waals surface area contributed by atoms with Crippen molar-refractivity contribution >= 4 is 5.91 Å². The largest absolute Gasteiger partial charge is 0.416 e. The first-order valence-corrected chi connectivity index (χ1v) is 7.65. The summed E-state index contributed by atoms with van der Waals surface area (Å²) in [7, 11) is 0. The molecule has 24 heavy (non-hydrogen) atoms. The molecule has 0 aliphatic heterocycles. The fourth-order valence-corrected chi connectivity index (χ4v) is 2.74. The van der Waals surface area contributed by atoms with Gasteiger partial charge in [-0.3, -0.25) is 4.79 Å². The summed E-state index contributed by atoms with van der Waals surface area (Å²) in [6.45, 7) is 2.88. The lowest BCUT2D eigenvalue weighted by atomic mass is 10.1. The quantitative estimate of drug-likeness (QED) is 0.911. The van der Waals surface area contributed by atoms with E-state index in [1.807, 2.05) is 11.5 Å². The minimum Gasteiger partial charge on any atom is -0.354 e. The van der Waals surface area contributed by atoms with Gasteiger partial charge in [-0.25, -0.2) is 0 Å². The number of aromatic nitrogens is 3. The zero-order chi connectivity index (χ0) is 17.3. The maximum absolute atomic E-state index is 12.6. The molecule has 1 amide bonds. The van der Waals surface area contributed by atoms with E-state index in [1.165, 1.54) is 12.1 Å². The maximum Gasteiger partial charge on any atom is 0.416 e. The number of nitrogens with one attached hydrogen (secondary N) is 1. The van der Waals surface area contributed by atoms with Crippen molar-refractivity contribution in [3.63, 3.8) is 0 Å². The molecule has 1 aromatic heterocycles. The molecule has 0 bridgehead atoms. The Morgan fingerprint density at radius 2 is 2.04 bits per heavy atom. The van der Waals surface area contributed by atoms with Crippen molar-refractivity contribution in [2.24, 2.45) is 5.92 Å². The van der Waals surface area contributed by atoms with Gasteiger partial charge >= 0.3 is 6.18 Å². The van der Waals surface area contributed by atoms with Crippen LogP contribution < -0.4 is 5.32 Å². The standard InChI is InChI=1S/C16H17F3N4O/c1-10-22-21-9-23(10)7-6-20-15(24)14-8-13(14)11-2-4-12(5-3-11)16(17,18)19/h2-5,9,13-14H,6-8H2,1H3,(H,20,24)/t13-,14+/m1/s1. The van der Waals surface area contributed by atoms with E-state index in [0.717, 1.165) is 23.5 Å². The highest BCUT2D eigenvalue weighted by Gasteiger charge is 2.44. The summed E-state index contributed by atoms with van der Waals surface area (Å²) in [6.07, 6.45) is -2.06. The van der Waals surface area contributed by atoms with E-state index in [9.17, 15) is 18.0 Å². The van der Waals surface area contributed by atoms with Crippen molar-refractivity contribution in [3.8, 4) is 0 Å². The molecule has 2 atom stereocenters. The normalized spacial score (nSPS) is 20.0. The average molecular weight is 338 g/mol. The molecule has 0 unspecified atom stereocenters. The Hall–Kier alpha value is -2.38. The Morgan fingerprint density at radius 3 is 2.62 bits per heavy atom. The second kappa shape index (κ2) is 6.26. The number of carbonyl (C=O) groups is 1. The number of amides is 1. The van der Waals surface area contributed by atoms with Crippen molar-refractivity contribution in [2.45, 2.75) is 32.0 Å². The molecule has 0 spiro atoms. The molecule has 5 nitrogen and oxygen atoms in total. The van der Waals surface area contributed by atoms with Crippen molar-refractivity contribution in [3.05, 3.63) is 47.5 Å². The molecular weight excluding hydrogens is 321 g/mol. The van der Waals surface area contributed by atoms with Crippen LogP contribution in [0.5, 0.6) is 0 Å². The molecule has 1 aromatic carbocycles. The van der Waals surface area contributed by atoms with Crippen LogP contribution in [-0.2, 0) is 17.5 Å². The van der Waals surface area contributed by atoms with Crippen molar-refractivity contribution < 1.29 is 18.0 Å². The number of halogens is 3. The van der Waals surface area contributed by atoms with Gasteiger partial charge in [0.2, 0.25) is 5.91 Å². The lowest BCUT2D eigenvalue weighted by Gasteiger charge is -2.08. The van der Waals surface area contributed by atoms with Gasteiger partial charge < -0.3 is 9.88 Å². The molecule has 1 fully saturated rings. The van der Waals surface area contributed by atoms with E-state index in [2.05, 4.69) is 15.5 Å². The Balaban J connectivity index is 1.49. The second-order valence-corrected chi connectivity index (χ2v) is 5.93. The van der Waals surface area contributed by atoms with E-state index < -0.39 is 11.7 Å². The summed E-state index contributed by atoms with van der Waals surface area (Å²) in [4.78, 5) is 12.1. The smallest absolute Gasteiger partial charge is 0.354 e. The third-order valence-corrected chi connectivity index (χ3v) is 4.25. The van der Waals surface area contributed by atoms with E-state index in [1.54, 1.807) is 6.33 Å². The first-order valence-electron chi connectivity index (χ1n) is 7.65. The molecule has 0 saturated heterocycles. The van der Waals surface area contributed by atoms with Gasteiger partial charge in [0.1, 0.15) is 12.2 Å². The van der Waals surface area contributed by atoms with E-state index >= 15 is 0 Å². The van der Waals surface area contributed by atoms with Crippen molar-refractivity contribution in [2.75, 3.05) is 6.54 Å². The first kappa shape index (κ1) is 16.5. The molecule has 1 N–H and O–H groups in total. The van der Waals surface area contributed by atoms with Crippen LogP contribution in [0.2, 0.25) is 0 Å². The average Bonchev–Trinajstić information content (AvgIpc) is 3.24. The lowest BCUT2D eigenvalue weighted by Crippen LogP contribution is -2.29. The molecule has 3 rings (SSSR count). The molecule has 0 radical (unpaired) electrons. The fourth-order valence-electron chi connectivity index (χ4n) is 2.74. The molecule has 1 heterocycles. The van der Waals surface area contributed by atoms with Crippen LogP contribution >= 0.6 is 0 Å². The summed E-state index contributed by atoms with van der Waals surface area (Å²) in [5, 5.41) is 10.5. The molecule has 1 saturated carbocycles. The Labute approximate surface area is 136 Å². The number of alkyl halides is 3. The van der Waals surface area contributed by atoms with Crippen LogP contribution in [0, 0.1) is 12.8 Å². The van der Waals surface area contributed by atoms with Crippen LogP contribution in [0.1, 0.15) is 29.3 Å². The zero-order valence-electron chi connectivity index (χ0n) is 13.0. The number of aryl methyl sites for hydroxylation is 1. The fraction of sp³-hybridized carbons (Fsp3) is 0.438. The number of rotatable bonds is 5. The van der Waals surface area contributed by atoms with Gasteiger partial charge in [0.05, 0.1) is 5.56 Å². The van der Waals surface area contributed by atoms with E-state index in [4.69, 9.17) is 0 Å². The molecule has 1 aliphatic carbocycles. The minimum absolute atomic E-state index is 0.00364. The highest BCUT2D eigenvalue weighted by Crippen LogP contribution is 2.47. The summed E-state index contributed by atoms with van der Waals surface area (Å²) in [5.41, 5.74) is 0.106. The van der Waals surface area contributed by atoms with Crippen LogP contribution in [-0.4, -0.2) is 27.2 Å². The van der Waals surface area contributed by atoms with Gasteiger partial charge in [-0.2, -0.15) is 13.2 Å². The van der Waals surface area contributed by atoms with Crippen molar-refractivity contribution in [1.82, 2.24) is 20.1 Å². The van der Waals surface area contributed by atoms with Gasteiger partial charge in [-0.15, -0.1) is 10.2 Å². The van der Waals surface area contributed by atoms with Gasteiger partial charge in [-0.1, -0.05) is 12.1 Å². The monoisotopic (exact) mass is 338 g/mol. The van der Waals surface area contributed by atoms with Gasteiger partial charge in [0.15, 0.2) is 0 Å². The number of nitrogens with zero attached hydrogens (tertiary/aromatic N) is 3. The zero-order valence-corrected chi connectivity index (χ0v) is 13.0. The predicted octanol–water partition coefficient (Wildman–Crippen LogP) is 2.53. The molecule has 8 heteroatoms. The maximum atomic E-state index is 12.6. The molecule has 1 aliphatic rings. The number of carbonyl (C=O) groups excluding carboxylic acids is 1. The summed E-state index contributed by atoms with van der Waals surface area (Å²) < 4.78 is 39.5. The predicted molar refractivity (Wildman–Crippen MR) is 80.1 cm³/mol. The number of benzene rings is 1. The third kappa shape index (κ3) is 3.58. The Morgan fingerprint density at radius 1 is 1.33 bits per heavy atom. The number of hydrogen-bond acceptors (Lipinski definition) is 3. The highest BCUT2D eigenvalue weighted by molar-refractivity contribution is 5.82. The van der Waals surface area contributed by atoms with Gasteiger partial charge in [0.25, 0.3) is 0 Å². The molecular formula is C16H17F3N4O. The van der Waals surface area contributed by atoms with Crippen LogP contribution in [0.4, 0.5) is 13.2 Å². The second-order valence-electron chi connectivity index (χ2n) is 5.93.